The maximum Gasteiger partial charge on any atom is 0.134 e. The zero-order chi connectivity index (χ0) is 15.2. The Hall–Kier alpha value is -1.32. The van der Waals surface area contributed by atoms with Gasteiger partial charge >= 0.3 is 0 Å². The predicted molar refractivity (Wildman–Crippen MR) is 89.4 cm³/mol. The molecule has 1 N–H and O–H groups in total. The normalized spacial score (nSPS) is 11.9. The largest absolute Gasteiger partial charge is 0.459 e. The lowest BCUT2D eigenvalue weighted by Crippen LogP contribution is -2.25. The van der Waals surface area contributed by atoms with Gasteiger partial charge in [-0.1, -0.05) is 45.9 Å². The summed E-state index contributed by atoms with van der Waals surface area (Å²) in [6.45, 7) is 12.7. The molecule has 1 aromatic carbocycles. The number of rotatable bonds is 8. The predicted octanol–water partition coefficient (Wildman–Crippen LogP) is 4.16. The minimum absolute atomic E-state index is 0.476. The molecule has 0 saturated carbocycles. The molecular weight excluding hydrogens is 260 g/mol. The van der Waals surface area contributed by atoms with E-state index < -0.39 is 0 Å². The van der Waals surface area contributed by atoms with Crippen LogP contribution in [-0.2, 0) is 13.1 Å². The standard InChI is InChI=1S/C18H28N2O/c1-5-11-20(6-2)13-18-16(12-19-14(3)4)15-9-7-8-10-17(15)21-18/h7-10,14,19H,5-6,11-13H2,1-4H3. The molecule has 1 heterocycles. The van der Waals surface area contributed by atoms with Crippen molar-refractivity contribution in [3.05, 3.63) is 35.6 Å². The first kappa shape index (κ1) is 16.1. The molecule has 0 bridgehead atoms. The third-order valence-electron chi connectivity index (χ3n) is 3.82. The average molecular weight is 288 g/mol. The number of fused-ring (bicyclic) bond motifs is 1. The Morgan fingerprint density at radius 1 is 1.19 bits per heavy atom. The lowest BCUT2D eigenvalue weighted by Gasteiger charge is -2.19. The Balaban J connectivity index is 2.29. The van der Waals surface area contributed by atoms with E-state index in [1.165, 1.54) is 17.4 Å². The molecule has 2 aromatic rings. The van der Waals surface area contributed by atoms with E-state index in [1.807, 2.05) is 6.07 Å². The fourth-order valence-corrected chi connectivity index (χ4v) is 2.65. The van der Waals surface area contributed by atoms with Gasteiger partial charge in [0, 0.05) is 23.5 Å². The molecule has 0 spiro atoms. The number of para-hydroxylation sites is 1. The van der Waals surface area contributed by atoms with E-state index in [0.29, 0.717) is 6.04 Å². The van der Waals surface area contributed by atoms with Crippen LogP contribution >= 0.6 is 0 Å². The van der Waals surface area contributed by atoms with E-state index in [-0.39, 0.29) is 0 Å². The minimum Gasteiger partial charge on any atom is -0.459 e. The molecule has 0 aliphatic rings. The monoisotopic (exact) mass is 288 g/mol. The van der Waals surface area contributed by atoms with Gasteiger partial charge in [-0.25, -0.2) is 0 Å². The van der Waals surface area contributed by atoms with Crippen molar-refractivity contribution in [1.29, 1.82) is 0 Å². The molecule has 0 aliphatic heterocycles. The topological polar surface area (TPSA) is 28.4 Å². The summed E-state index contributed by atoms with van der Waals surface area (Å²) in [4.78, 5) is 2.44. The van der Waals surface area contributed by atoms with Crippen molar-refractivity contribution in [2.75, 3.05) is 13.1 Å². The van der Waals surface area contributed by atoms with Gasteiger partial charge in [0.05, 0.1) is 6.54 Å². The second kappa shape index (κ2) is 7.62. The minimum atomic E-state index is 0.476. The Kier molecular flexibility index (Phi) is 5.83. The fraction of sp³-hybridized carbons (Fsp3) is 0.556. The third kappa shape index (κ3) is 4.08. The van der Waals surface area contributed by atoms with Gasteiger partial charge in [-0.15, -0.1) is 0 Å². The van der Waals surface area contributed by atoms with E-state index in [9.17, 15) is 0 Å². The second-order valence-corrected chi connectivity index (χ2v) is 5.90. The maximum atomic E-state index is 6.13. The van der Waals surface area contributed by atoms with Crippen LogP contribution in [0.25, 0.3) is 11.0 Å². The average Bonchev–Trinajstić information content (AvgIpc) is 2.81. The van der Waals surface area contributed by atoms with Crippen LogP contribution in [-0.4, -0.2) is 24.0 Å². The summed E-state index contributed by atoms with van der Waals surface area (Å²) in [5, 5.41) is 4.77. The summed E-state index contributed by atoms with van der Waals surface area (Å²) < 4.78 is 6.13. The molecule has 0 atom stereocenters. The highest BCUT2D eigenvalue weighted by Crippen LogP contribution is 2.27. The number of nitrogens with one attached hydrogen (secondary N) is 1. The molecule has 21 heavy (non-hydrogen) atoms. The third-order valence-corrected chi connectivity index (χ3v) is 3.82. The van der Waals surface area contributed by atoms with Crippen molar-refractivity contribution >= 4 is 11.0 Å². The number of nitrogens with zero attached hydrogens (tertiary/aromatic N) is 1. The Bertz CT molecular complexity index is 559. The maximum absolute atomic E-state index is 6.13. The molecule has 0 fully saturated rings. The van der Waals surface area contributed by atoms with Gasteiger partial charge in [0.2, 0.25) is 0 Å². The quantitative estimate of drug-likeness (QED) is 0.790. The summed E-state index contributed by atoms with van der Waals surface area (Å²) >= 11 is 0. The highest BCUT2D eigenvalue weighted by atomic mass is 16.3. The molecule has 2 rings (SSSR count). The van der Waals surface area contributed by atoms with Crippen LogP contribution in [0.5, 0.6) is 0 Å². The number of benzene rings is 1. The molecule has 0 saturated heterocycles. The van der Waals surface area contributed by atoms with Crippen LogP contribution in [0.1, 0.15) is 45.4 Å². The molecular formula is C18H28N2O. The lowest BCUT2D eigenvalue weighted by molar-refractivity contribution is 0.257. The summed E-state index contributed by atoms with van der Waals surface area (Å²) in [6.07, 6.45) is 1.17. The summed E-state index contributed by atoms with van der Waals surface area (Å²) in [5.74, 6) is 1.11. The van der Waals surface area contributed by atoms with Crippen LogP contribution in [0.2, 0.25) is 0 Å². The second-order valence-electron chi connectivity index (χ2n) is 5.90. The molecule has 0 amide bonds. The van der Waals surface area contributed by atoms with Crippen LogP contribution in [0.3, 0.4) is 0 Å². The zero-order valence-corrected chi connectivity index (χ0v) is 13.8. The summed E-state index contributed by atoms with van der Waals surface area (Å²) in [7, 11) is 0. The van der Waals surface area contributed by atoms with Gasteiger partial charge in [0.1, 0.15) is 11.3 Å². The first-order chi connectivity index (χ1) is 10.2. The molecule has 0 radical (unpaired) electrons. The van der Waals surface area contributed by atoms with Crippen LogP contribution in [0, 0.1) is 0 Å². The van der Waals surface area contributed by atoms with Gasteiger partial charge in [0.25, 0.3) is 0 Å². The van der Waals surface area contributed by atoms with E-state index in [4.69, 9.17) is 4.42 Å². The van der Waals surface area contributed by atoms with Crippen LogP contribution in [0.15, 0.2) is 28.7 Å². The van der Waals surface area contributed by atoms with Crippen molar-refractivity contribution < 1.29 is 4.42 Å². The van der Waals surface area contributed by atoms with Gasteiger partial charge in [-0.05, 0) is 25.6 Å². The molecule has 3 heteroatoms. The van der Waals surface area contributed by atoms with Gasteiger partial charge in [-0.3, -0.25) is 4.90 Å². The smallest absolute Gasteiger partial charge is 0.134 e. The number of hydrogen-bond donors (Lipinski definition) is 1. The molecule has 116 valence electrons. The van der Waals surface area contributed by atoms with Crippen molar-refractivity contribution in [1.82, 2.24) is 10.2 Å². The Morgan fingerprint density at radius 3 is 2.62 bits per heavy atom. The van der Waals surface area contributed by atoms with E-state index in [1.54, 1.807) is 0 Å². The fourth-order valence-electron chi connectivity index (χ4n) is 2.65. The van der Waals surface area contributed by atoms with Gasteiger partial charge in [0.15, 0.2) is 0 Å². The molecule has 1 aromatic heterocycles. The van der Waals surface area contributed by atoms with Crippen molar-refractivity contribution in [3.63, 3.8) is 0 Å². The van der Waals surface area contributed by atoms with E-state index >= 15 is 0 Å². The number of furan rings is 1. The first-order valence-electron chi connectivity index (χ1n) is 8.10. The van der Waals surface area contributed by atoms with Crippen LogP contribution < -0.4 is 5.32 Å². The zero-order valence-electron chi connectivity index (χ0n) is 13.8. The molecule has 0 unspecified atom stereocenters. The van der Waals surface area contributed by atoms with E-state index in [2.05, 4.69) is 56.1 Å². The number of hydrogen-bond acceptors (Lipinski definition) is 3. The Labute approximate surface area is 128 Å². The Morgan fingerprint density at radius 2 is 1.95 bits per heavy atom. The molecule has 3 nitrogen and oxygen atoms in total. The van der Waals surface area contributed by atoms with Crippen molar-refractivity contribution in [2.24, 2.45) is 0 Å². The summed E-state index contributed by atoms with van der Waals surface area (Å²) in [5.41, 5.74) is 2.31. The van der Waals surface area contributed by atoms with Crippen molar-refractivity contribution in [2.45, 2.75) is 53.2 Å². The summed E-state index contributed by atoms with van der Waals surface area (Å²) in [6, 6.07) is 8.83. The molecule has 0 aliphatic carbocycles. The van der Waals surface area contributed by atoms with Crippen molar-refractivity contribution in [3.8, 4) is 0 Å². The highest BCUT2D eigenvalue weighted by Gasteiger charge is 2.16. The van der Waals surface area contributed by atoms with Gasteiger partial charge < -0.3 is 9.73 Å². The van der Waals surface area contributed by atoms with E-state index in [0.717, 1.165) is 37.5 Å². The van der Waals surface area contributed by atoms with Crippen LogP contribution in [0.4, 0.5) is 0 Å². The lowest BCUT2D eigenvalue weighted by atomic mass is 10.1. The first-order valence-corrected chi connectivity index (χ1v) is 8.10. The SMILES string of the molecule is CCCN(CC)Cc1oc2ccccc2c1CNC(C)C. The highest BCUT2D eigenvalue weighted by molar-refractivity contribution is 5.82. The van der Waals surface area contributed by atoms with Gasteiger partial charge in [-0.2, -0.15) is 0 Å².